The number of carboxylic acid groups (broad SMARTS) is 1. The van der Waals surface area contributed by atoms with E-state index in [-0.39, 0.29) is 5.92 Å². The fourth-order valence-electron chi connectivity index (χ4n) is 4.07. The molecule has 4 heteroatoms. The SMILES string of the molecule is COC1=CCC(Sc2ccccc2CCC(C)CC(CC(=O)O)CC(C)C)C=C1. The maximum atomic E-state index is 11.2. The summed E-state index contributed by atoms with van der Waals surface area (Å²) in [6, 6.07) is 8.69. The van der Waals surface area contributed by atoms with Crippen LogP contribution in [-0.2, 0) is 16.0 Å². The first kappa shape index (κ1) is 23.6. The predicted octanol–water partition coefficient (Wildman–Crippen LogP) is 6.73. The number of aryl methyl sites for hydroxylation is 1. The second-order valence-corrected chi connectivity index (χ2v) is 9.92. The number of methoxy groups -OCH3 is 1. The number of thioether (sulfide) groups is 1. The van der Waals surface area contributed by atoms with Gasteiger partial charge in [-0.15, -0.1) is 11.8 Å². The molecule has 0 aromatic heterocycles. The van der Waals surface area contributed by atoms with Crippen LogP contribution in [0.15, 0.2) is 53.1 Å². The van der Waals surface area contributed by atoms with Gasteiger partial charge in [0.05, 0.1) is 7.11 Å². The first-order valence-corrected chi connectivity index (χ1v) is 11.6. The number of carboxylic acids is 1. The third kappa shape index (κ3) is 8.69. The van der Waals surface area contributed by atoms with Crippen molar-refractivity contribution in [2.24, 2.45) is 17.8 Å². The average Bonchev–Trinajstić information content (AvgIpc) is 2.67. The highest BCUT2D eigenvalue weighted by molar-refractivity contribution is 8.00. The molecule has 0 spiro atoms. The van der Waals surface area contributed by atoms with E-state index < -0.39 is 5.97 Å². The molecule has 0 saturated carbocycles. The van der Waals surface area contributed by atoms with Crippen molar-refractivity contribution < 1.29 is 14.6 Å². The maximum Gasteiger partial charge on any atom is 0.303 e. The summed E-state index contributed by atoms with van der Waals surface area (Å²) in [5.41, 5.74) is 1.40. The number of hydrogen-bond acceptors (Lipinski definition) is 3. The molecule has 3 atom stereocenters. The second kappa shape index (κ2) is 12.1. The molecule has 2 rings (SSSR count). The molecule has 1 aromatic rings. The standard InChI is InChI=1S/C25H36O3S/c1-18(2)15-20(17-25(26)27)16-19(3)9-10-21-7-5-6-8-24(21)29-23-13-11-22(28-4)12-14-23/h5-8,11-13,18-20,23H,9-10,14-17H2,1-4H3,(H,26,27). The molecule has 0 fully saturated rings. The van der Waals surface area contributed by atoms with Crippen molar-refractivity contribution in [3.8, 4) is 0 Å². The van der Waals surface area contributed by atoms with Gasteiger partial charge in [-0.25, -0.2) is 0 Å². The van der Waals surface area contributed by atoms with Gasteiger partial charge in [0.2, 0.25) is 0 Å². The minimum Gasteiger partial charge on any atom is -0.497 e. The number of carbonyl (C=O) groups is 1. The third-order valence-corrected chi connectivity index (χ3v) is 6.73. The van der Waals surface area contributed by atoms with E-state index in [1.165, 1.54) is 10.5 Å². The Kier molecular flexibility index (Phi) is 9.86. The topological polar surface area (TPSA) is 46.5 Å². The van der Waals surface area contributed by atoms with Gasteiger partial charge in [-0.2, -0.15) is 0 Å². The first-order chi connectivity index (χ1) is 13.9. The number of aliphatic carboxylic acids is 1. The van der Waals surface area contributed by atoms with Crippen LogP contribution in [0.5, 0.6) is 0 Å². The van der Waals surface area contributed by atoms with E-state index in [4.69, 9.17) is 4.74 Å². The lowest BCUT2D eigenvalue weighted by Crippen LogP contribution is -2.14. The van der Waals surface area contributed by atoms with E-state index in [0.717, 1.165) is 37.9 Å². The van der Waals surface area contributed by atoms with Gasteiger partial charge in [0.25, 0.3) is 0 Å². The van der Waals surface area contributed by atoms with Gasteiger partial charge in [0, 0.05) is 16.6 Å². The average molecular weight is 417 g/mol. The molecule has 0 saturated heterocycles. The Labute approximate surface area is 180 Å². The van der Waals surface area contributed by atoms with Crippen LogP contribution in [0.2, 0.25) is 0 Å². The van der Waals surface area contributed by atoms with Crippen molar-refractivity contribution >= 4 is 17.7 Å². The molecule has 0 aliphatic heterocycles. The number of allylic oxidation sites excluding steroid dienone is 2. The molecule has 160 valence electrons. The van der Waals surface area contributed by atoms with Crippen LogP contribution < -0.4 is 0 Å². The van der Waals surface area contributed by atoms with Crippen molar-refractivity contribution in [3.63, 3.8) is 0 Å². The van der Waals surface area contributed by atoms with Crippen LogP contribution in [0.4, 0.5) is 0 Å². The zero-order valence-electron chi connectivity index (χ0n) is 18.3. The summed E-state index contributed by atoms with van der Waals surface area (Å²) in [6.07, 6.45) is 11.8. The van der Waals surface area contributed by atoms with E-state index in [0.29, 0.717) is 23.5 Å². The zero-order valence-corrected chi connectivity index (χ0v) is 19.1. The van der Waals surface area contributed by atoms with E-state index in [1.54, 1.807) is 7.11 Å². The number of hydrogen-bond donors (Lipinski definition) is 1. The zero-order chi connectivity index (χ0) is 21.2. The van der Waals surface area contributed by atoms with Gasteiger partial charge in [-0.05, 0) is 73.6 Å². The summed E-state index contributed by atoms with van der Waals surface area (Å²) in [4.78, 5) is 12.6. The van der Waals surface area contributed by atoms with Gasteiger partial charge in [-0.1, -0.05) is 45.0 Å². The fraction of sp³-hybridized carbons (Fsp3) is 0.560. The van der Waals surface area contributed by atoms with Crippen LogP contribution in [-0.4, -0.2) is 23.4 Å². The second-order valence-electron chi connectivity index (χ2n) is 8.64. The number of ether oxygens (including phenoxy) is 1. The molecule has 0 heterocycles. The molecular formula is C25H36O3S. The minimum atomic E-state index is -0.671. The Hall–Kier alpha value is -1.68. The third-order valence-electron chi connectivity index (χ3n) is 5.42. The quantitative estimate of drug-likeness (QED) is 0.410. The summed E-state index contributed by atoms with van der Waals surface area (Å²) < 4.78 is 5.29. The van der Waals surface area contributed by atoms with Crippen LogP contribution in [0.25, 0.3) is 0 Å². The number of benzene rings is 1. The lowest BCUT2D eigenvalue weighted by atomic mass is 9.84. The van der Waals surface area contributed by atoms with Gasteiger partial charge in [0.1, 0.15) is 5.76 Å². The number of rotatable bonds is 12. The van der Waals surface area contributed by atoms with Gasteiger partial charge < -0.3 is 9.84 Å². The Bertz CT molecular complexity index is 708. The molecule has 0 bridgehead atoms. The molecule has 0 radical (unpaired) electrons. The van der Waals surface area contributed by atoms with E-state index in [2.05, 4.69) is 63.3 Å². The van der Waals surface area contributed by atoms with E-state index in [9.17, 15) is 9.90 Å². The molecule has 3 unspecified atom stereocenters. The van der Waals surface area contributed by atoms with Crippen molar-refractivity contribution in [2.75, 3.05) is 7.11 Å². The summed E-state index contributed by atoms with van der Waals surface area (Å²) in [6.45, 7) is 6.63. The highest BCUT2D eigenvalue weighted by Crippen LogP contribution is 2.33. The van der Waals surface area contributed by atoms with Crippen molar-refractivity contribution in [1.29, 1.82) is 0 Å². The molecule has 3 nitrogen and oxygen atoms in total. The van der Waals surface area contributed by atoms with Crippen molar-refractivity contribution in [3.05, 3.63) is 53.8 Å². The molecule has 1 aliphatic carbocycles. The lowest BCUT2D eigenvalue weighted by Gasteiger charge is -2.22. The van der Waals surface area contributed by atoms with Crippen molar-refractivity contribution in [2.45, 2.75) is 69.4 Å². The molecule has 0 amide bonds. The van der Waals surface area contributed by atoms with Crippen LogP contribution in [0.3, 0.4) is 0 Å². The highest BCUT2D eigenvalue weighted by atomic mass is 32.2. The van der Waals surface area contributed by atoms with Crippen molar-refractivity contribution in [1.82, 2.24) is 0 Å². The smallest absolute Gasteiger partial charge is 0.303 e. The van der Waals surface area contributed by atoms with Gasteiger partial charge in [0.15, 0.2) is 0 Å². The minimum absolute atomic E-state index is 0.279. The fourth-order valence-corrected chi connectivity index (χ4v) is 5.23. The van der Waals surface area contributed by atoms with E-state index in [1.807, 2.05) is 11.8 Å². The first-order valence-electron chi connectivity index (χ1n) is 10.8. The Morgan fingerprint density at radius 1 is 1.24 bits per heavy atom. The Balaban J connectivity index is 1.90. The van der Waals surface area contributed by atoms with Crippen LogP contribution >= 0.6 is 11.8 Å². The molecule has 29 heavy (non-hydrogen) atoms. The molecule has 1 aromatic carbocycles. The molecule has 1 N–H and O–H groups in total. The van der Waals surface area contributed by atoms with Crippen LogP contribution in [0.1, 0.15) is 58.4 Å². The largest absolute Gasteiger partial charge is 0.497 e. The van der Waals surface area contributed by atoms with Crippen LogP contribution in [0, 0.1) is 17.8 Å². The summed E-state index contributed by atoms with van der Waals surface area (Å²) in [5.74, 6) is 1.62. The Morgan fingerprint density at radius 3 is 2.62 bits per heavy atom. The summed E-state index contributed by atoms with van der Waals surface area (Å²) in [7, 11) is 1.71. The molecular weight excluding hydrogens is 380 g/mol. The lowest BCUT2D eigenvalue weighted by molar-refractivity contribution is -0.138. The predicted molar refractivity (Wildman–Crippen MR) is 122 cm³/mol. The Morgan fingerprint density at radius 2 is 2.00 bits per heavy atom. The van der Waals surface area contributed by atoms with Gasteiger partial charge >= 0.3 is 5.97 Å². The summed E-state index contributed by atoms with van der Waals surface area (Å²) >= 11 is 1.92. The maximum absolute atomic E-state index is 11.2. The normalized spacial score (nSPS) is 18.4. The summed E-state index contributed by atoms with van der Waals surface area (Å²) in [5, 5.41) is 9.66. The highest BCUT2D eigenvalue weighted by Gasteiger charge is 2.19. The molecule has 1 aliphatic rings. The van der Waals surface area contributed by atoms with E-state index >= 15 is 0 Å². The monoisotopic (exact) mass is 416 g/mol. The van der Waals surface area contributed by atoms with Gasteiger partial charge in [-0.3, -0.25) is 4.79 Å².